The van der Waals surface area contributed by atoms with Gasteiger partial charge in [-0.1, -0.05) is 40.2 Å². The smallest absolute Gasteiger partial charge is 0.335 e. The van der Waals surface area contributed by atoms with E-state index in [0.717, 1.165) is 21.3 Å². The standard InChI is InChI=1S/C17H18BrNO2/c1-12-6-4-9-15(10-12)19-17(2,16(20)21-3)13-7-5-8-14(18)11-13/h4-11,19H,1-3H3. The van der Waals surface area contributed by atoms with Crippen molar-refractivity contribution in [3.8, 4) is 0 Å². The average Bonchev–Trinajstić information content (AvgIpc) is 2.46. The largest absolute Gasteiger partial charge is 0.467 e. The second-order valence-electron chi connectivity index (χ2n) is 5.12. The number of rotatable bonds is 4. The molecule has 110 valence electrons. The molecule has 0 aliphatic rings. The Kier molecular flexibility index (Phi) is 4.68. The van der Waals surface area contributed by atoms with Crippen LogP contribution >= 0.6 is 15.9 Å². The SMILES string of the molecule is COC(=O)C(C)(Nc1cccc(C)c1)c1cccc(Br)c1. The van der Waals surface area contributed by atoms with Crippen LogP contribution in [0, 0.1) is 6.92 Å². The van der Waals surface area contributed by atoms with Crippen LogP contribution in [-0.4, -0.2) is 13.1 Å². The number of halogens is 1. The predicted molar refractivity (Wildman–Crippen MR) is 88.3 cm³/mol. The fourth-order valence-corrected chi connectivity index (χ4v) is 2.66. The van der Waals surface area contributed by atoms with Crippen molar-refractivity contribution < 1.29 is 9.53 Å². The molecule has 0 radical (unpaired) electrons. The maximum atomic E-state index is 12.3. The molecule has 0 aliphatic heterocycles. The monoisotopic (exact) mass is 347 g/mol. The molecule has 2 rings (SSSR count). The minimum atomic E-state index is -0.952. The Morgan fingerprint density at radius 3 is 2.52 bits per heavy atom. The molecule has 0 bridgehead atoms. The number of hydrogen-bond acceptors (Lipinski definition) is 3. The lowest BCUT2D eigenvalue weighted by molar-refractivity contribution is -0.145. The van der Waals surface area contributed by atoms with E-state index in [1.54, 1.807) is 0 Å². The molecule has 0 heterocycles. The first kappa shape index (κ1) is 15.6. The van der Waals surface area contributed by atoms with Crippen molar-refractivity contribution in [3.05, 3.63) is 64.1 Å². The minimum Gasteiger partial charge on any atom is -0.467 e. The summed E-state index contributed by atoms with van der Waals surface area (Å²) in [5.41, 5.74) is 1.89. The molecule has 3 nitrogen and oxygen atoms in total. The Bertz CT molecular complexity index is 657. The number of methoxy groups -OCH3 is 1. The third-order valence-corrected chi connectivity index (χ3v) is 3.90. The van der Waals surface area contributed by atoms with Gasteiger partial charge >= 0.3 is 5.97 Å². The first-order chi connectivity index (χ1) is 9.95. The topological polar surface area (TPSA) is 38.3 Å². The molecule has 0 spiro atoms. The maximum absolute atomic E-state index is 12.3. The van der Waals surface area contributed by atoms with E-state index in [4.69, 9.17) is 4.74 Å². The molecule has 1 N–H and O–H groups in total. The summed E-state index contributed by atoms with van der Waals surface area (Å²) in [6.07, 6.45) is 0. The fraction of sp³-hybridized carbons (Fsp3) is 0.235. The van der Waals surface area contributed by atoms with Gasteiger partial charge in [0.1, 0.15) is 0 Å². The average molecular weight is 348 g/mol. The Morgan fingerprint density at radius 2 is 1.90 bits per heavy atom. The van der Waals surface area contributed by atoms with Crippen LogP contribution in [0.25, 0.3) is 0 Å². The first-order valence-electron chi connectivity index (χ1n) is 6.65. The van der Waals surface area contributed by atoms with Gasteiger partial charge in [0.2, 0.25) is 0 Å². The van der Waals surface area contributed by atoms with Crippen LogP contribution in [0.2, 0.25) is 0 Å². The third-order valence-electron chi connectivity index (χ3n) is 3.41. The van der Waals surface area contributed by atoms with Crippen molar-refractivity contribution in [2.24, 2.45) is 0 Å². The minimum absolute atomic E-state index is 0.331. The third kappa shape index (κ3) is 3.45. The van der Waals surface area contributed by atoms with E-state index in [-0.39, 0.29) is 5.97 Å². The Balaban J connectivity index is 2.45. The molecule has 2 aromatic carbocycles. The number of ether oxygens (including phenoxy) is 1. The summed E-state index contributed by atoms with van der Waals surface area (Å²) in [7, 11) is 1.40. The van der Waals surface area contributed by atoms with Gasteiger partial charge in [0.05, 0.1) is 7.11 Å². The van der Waals surface area contributed by atoms with Crippen molar-refractivity contribution in [3.63, 3.8) is 0 Å². The Morgan fingerprint density at radius 1 is 1.19 bits per heavy atom. The lowest BCUT2D eigenvalue weighted by Crippen LogP contribution is -2.41. The molecule has 21 heavy (non-hydrogen) atoms. The molecule has 0 amide bonds. The molecular weight excluding hydrogens is 330 g/mol. The number of benzene rings is 2. The van der Waals surface area contributed by atoms with E-state index in [1.165, 1.54) is 7.11 Å². The van der Waals surface area contributed by atoms with E-state index in [1.807, 2.05) is 62.4 Å². The normalized spacial score (nSPS) is 13.3. The lowest BCUT2D eigenvalue weighted by Gasteiger charge is -2.30. The summed E-state index contributed by atoms with van der Waals surface area (Å²) in [6.45, 7) is 3.84. The maximum Gasteiger partial charge on any atom is 0.335 e. The Hall–Kier alpha value is -1.81. The van der Waals surface area contributed by atoms with Crippen LogP contribution in [0.5, 0.6) is 0 Å². The molecule has 0 saturated carbocycles. The van der Waals surface area contributed by atoms with Gasteiger partial charge < -0.3 is 10.1 Å². The molecule has 2 aromatic rings. The molecular formula is C17H18BrNO2. The second-order valence-corrected chi connectivity index (χ2v) is 6.04. The Labute approximate surface area is 133 Å². The van der Waals surface area contributed by atoms with Crippen molar-refractivity contribution in [2.45, 2.75) is 19.4 Å². The highest BCUT2D eigenvalue weighted by atomic mass is 79.9. The van der Waals surface area contributed by atoms with Gasteiger partial charge in [-0.2, -0.15) is 0 Å². The molecule has 4 heteroatoms. The summed E-state index contributed by atoms with van der Waals surface area (Å²) >= 11 is 3.44. The van der Waals surface area contributed by atoms with Crippen LogP contribution < -0.4 is 5.32 Å². The summed E-state index contributed by atoms with van der Waals surface area (Å²) < 4.78 is 5.91. The molecule has 0 saturated heterocycles. The highest BCUT2D eigenvalue weighted by Crippen LogP contribution is 2.29. The van der Waals surface area contributed by atoms with Crippen LogP contribution in [0.4, 0.5) is 5.69 Å². The summed E-state index contributed by atoms with van der Waals surface area (Å²) in [5.74, 6) is -0.331. The van der Waals surface area contributed by atoms with Gasteiger partial charge in [-0.05, 0) is 49.2 Å². The van der Waals surface area contributed by atoms with Crippen LogP contribution in [-0.2, 0) is 15.1 Å². The molecule has 1 atom stereocenters. The van der Waals surface area contributed by atoms with Gasteiger partial charge in [0.25, 0.3) is 0 Å². The van der Waals surface area contributed by atoms with Gasteiger partial charge in [-0.3, -0.25) is 0 Å². The number of hydrogen-bond donors (Lipinski definition) is 1. The predicted octanol–water partition coefficient (Wildman–Crippen LogP) is 4.26. The van der Waals surface area contributed by atoms with Crippen molar-refractivity contribution in [1.82, 2.24) is 0 Å². The fourth-order valence-electron chi connectivity index (χ4n) is 2.26. The summed E-state index contributed by atoms with van der Waals surface area (Å²) in [6, 6.07) is 15.6. The van der Waals surface area contributed by atoms with E-state index >= 15 is 0 Å². The molecule has 0 aliphatic carbocycles. The highest BCUT2D eigenvalue weighted by Gasteiger charge is 2.36. The number of anilines is 1. The van der Waals surface area contributed by atoms with E-state index in [0.29, 0.717) is 0 Å². The van der Waals surface area contributed by atoms with E-state index in [2.05, 4.69) is 21.2 Å². The zero-order valence-electron chi connectivity index (χ0n) is 12.3. The van der Waals surface area contributed by atoms with E-state index < -0.39 is 5.54 Å². The van der Waals surface area contributed by atoms with Crippen molar-refractivity contribution >= 4 is 27.6 Å². The number of aryl methyl sites for hydroxylation is 1. The van der Waals surface area contributed by atoms with Crippen LogP contribution in [0.15, 0.2) is 53.0 Å². The lowest BCUT2D eigenvalue weighted by atomic mass is 9.91. The zero-order chi connectivity index (χ0) is 15.5. The number of esters is 1. The highest BCUT2D eigenvalue weighted by molar-refractivity contribution is 9.10. The van der Waals surface area contributed by atoms with E-state index in [9.17, 15) is 4.79 Å². The number of carbonyl (C=O) groups excluding carboxylic acids is 1. The first-order valence-corrected chi connectivity index (χ1v) is 7.44. The molecule has 1 unspecified atom stereocenters. The van der Waals surface area contributed by atoms with Crippen LogP contribution in [0.1, 0.15) is 18.1 Å². The summed E-state index contributed by atoms with van der Waals surface area (Å²) in [4.78, 5) is 12.3. The molecule has 0 fully saturated rings. The number of carbonyl (C=O) groups is 1. The zero-order valence-corrected chi connectivity index (χ0v) is 13.9. The van der Waals surface area contributed by atoms with Gasteiger partial charge in [-0.25, -0.2) is 4.79 Å². The van der Waals surface area contributed by atoms with Gasteiger partial charge in [-0.15, -0.1) is 0 Å². The van der Waals surface area contributed by atoms with Crippen molar-refractivity contribution in [2.75, 3.05) is 12.4 Å². The van der Waals surface area contributed by atoms with Gasteiger partial charge in [0, 0.05) is 10.2 Å². The molecule has 0 aromatic heterocycles. The quantitative estimate of drug-likeness (QED) is 0.839. The second kappa shape index (κ2) is 6.31. The number of nitrogens with one attached hydrogen (secondary N) is 1. The van der Waals surface area contributed by atoms with Gasteiger partial charge in [0.15, 0.2) is 5.54 Å². The summed E-state index contributed by atoms with van der Waals surface area (Å²) in [5, 5.41) is 3.30. The van der Waals surface area contributed by atoms with Crippen LogP contribution in [0.3, 0.4) is 0 Å². The van der Waals surface area contributed by atoms with Crippen molar-refractivity contribution in [1.29, 1.82) is 0 Å².